The number of carbonyl (C=O) groups is 1. The highest BCUT2D eigenvalue weighted by atomic mass is 16.5. The highest BCUT2D eigenvalue weighted by Crippen LogP contribution is 2.14. The number of aromatic nitrogens is 2. The Kier molecular flexibility index (Phi) is 5.79. The summed E-state index contributed by atoms with van der Waals surface area (Å²) in [6.45, 7) is 8.71. The molecule has 0 bridgehead atoms. The van der Waals surface area contributed by atoms with E-state index in [0.717, 1.165) is 23.4 Å². The van der Waals surface area contributed by atoms with Crippen LogP contribution in [-0.4, -0.2) is 22.2 Å². The van der Waals surface area contributed by atoms with Crippen molar-refractivity contribution < 1.29 is 9.53 Å². The summed E-state index contributed by atoms with van der Waals surface area (Å²) in [5, 5.41) is 9.87. The van der Waals surface area contributed by atoms with Crippen molar-refractivity contribution in [3.8, 4) is 5.75 Å². The second-order valence-corrected chi connectivity index (χ2v) is 6.37. The predicted octanol–water partition coefficient (Wildman–Crippen LogP) is 3.33. The van der Waals surface area contributed by atoms with Crippen LogP contribution in [0.3, 0.4) is 0 Å². The van der Waals surface area contributed by atoms with E-state index in [-0.39, 0.29) is 12.0 Å². The van der Waals surface area contributed by atoms with E-state index in [9.17, 15) is 4.79 Å². The van der Waals surface area contributed by atoms with Crippen molar-refractivity contribution in [2.24, 2.45) is 5.92 Å². The zero-order valence-corrected chi connectivity index (χ0v) is 14.2. The van der Waals surface area contributed by atoms with E-state index in [1.807, 2.05) is 44.2 Å². The number of aromatic amines is 1. The van der Waals surface area contributed by atoms with Crippen molar-refractivity contribution in [1.82, 2.24) is 15.5 Å². The molecule has 1 heterocycles. The molecule has 0 aliphatic carbocycles. The van der Waals surface area contributed by atoms with Crippen LogP contribution >= 0.6 is 0 Å². The molecule has 1 aromatic carbocycles. The molecule has 2 aromatic rings. The summed E-state index contributed by atoms with van der Waals surface area (Å²) in [4.78, 5) is 12.1. The number of H-pyrrole nitrogens is 1. The molecular formula is C18H25N3O2. The summed E-state index contributed by atoms with van der Waals surface area (Å²) in [7, 11) is 0. The smallest absolute Gasteiger partial charge is 0.272 e. The molecule has 0 radical (unpaired) electrons. The van der Waals surface area contributed by atoms with Crippen molar-refractivity contribution >= 4 is 5.91 Å². The Hall–Kier alpha value is -2.30. The van der Waals surface area contributed by atoms with Gasteiger partial charge in [0.25, 0.3) is 5.91 Å². The van der Waals surface area contributed by atoms with Crippen molar-refractivity contribution in [3.05, 3.63) is 47.3 Å². The molecule has 23 heavy (non-hydrogen) atoms. The second kappa shape index (κ2) is 7.81. The predicted molar refractivity (Wildman–Crippen MR) is 90.5 cm³/mol. The summed E-state index contributed by atoms with van der Waals surface area (Å²) < 4.78 is 5.60. The maximum atomic E-state index is 12.1. The first-order valence-electron chi connectivity index (χ1n) is 8.02. The van der Waals surface area contributed by atoms with Crippen LogP contribution < -0.4 is 10.1 Å². The van der Waals surface area contributed by atoms with Crippen LogP contribution in [0, 0.1) is 5.92 Å². The molecule has 0 aliphatic heterocycles. The topological polar surface area (TPSA) is 67.0 Å². The minimum atomic E-state index is -0.168. The van der Waals surface area contributed by atoms with E-state index in [4.69, 9.17) is 4.74 Å². The number of hydrogen-bond acceptors (Lipinski definition) is 3. The normalized spacial score (nSPS) is 11.0. The lowest BCUT2D eigenvalue weighted by atomic mass is 10.1. The van der Waals surface area contributed by atoms with Crippen molar-refractivity contribution in [3.63, 3.8) is 0 Å². The van der Waals surface area contributed by atoms with Crippen LogP contribution in [0.15, 0.2) is 30.3 Å². The van der Waals surface area contributed by atoms with Crippen LogP contribution in [0.2, 0.25) is 0 Å². The average molecular weight is 315 g/mol. The lowest BCUT2D eigenvalue weighted by Gasteiger charge is -2.10. The molecule has 0 aliphatic rings. The van der Waals surface area contributed by atoms with Crippen molar-refractivity contribution in [1.29, 1.82) is 0 Å². The zero-order valence-electron chi connectivity index (χ0n) is 14.2. The zero-order chi connectivity index (χ0) is 16.8. The Morgan fingerprint density at radius 1 is 1.22 bits per heavy atom. The third-order valence-corrected chi connectivity index (χ3v) is 3.24. The molecule has 0 spiro atoms. The summed E-state index contributed by atoms with van der Waals surface area (Å²) in [6.07, 6.45) is 1.04. The van der Waals surface area contributed by atoms with Gasteiger partial charge in [0.2, 0.25) is 0 Å². The summed E-state index contributed by atoms with van der Waals surface area (Å²) in [5.41, 5.74) is 2.44. The van der Waals surface area contributed by atoms with Crippen LogP contribution in [0.25, 0.3) is 0 Å². The average Bonchev–Trinajstić information content (AvgIpc) is 2.93. The fraction of sp³-hybridized carbons (Fsp3) is 0.444. The number of ether oxygens (including phenoxy) is 1. The third-order valence-electron chi connectivity index (χ3n) is 3.24. The number of hydrogen-bond donors (Lipinski definition) is 2. The number of benzene rings is 1. The first-order valence-corrected chi connectivity index (χ1v) is 8.02. The van der Waals surface area contributed by atoms with Crippen molar-refractivity contribution in [2.75, 3.05) is 0 Å². The summed E-state index contributed by atoms with van der Waals surface area (Å²) >= 11 is 0. The molecule has 5 heteroatoms. The molecule has 0 saturated carbocycles. The Bertz CT molecular complexity index is 630. The van der Waals surface area contributed by atoms with E-state index >= 15 is 0 Å². The van der Waals surface area contributed by atoms with Gasteiger partial charge in [0.15, 0.2) is 0 Å². The van der Waals surface area contributed by atoms with Crippen LogP contribution in [0.4, 0.5) is 0 Å². The van der Waals surface area contributed by atoms with Crippen molar-refractivity contribution in [2.45, 2.75) is 46.8 Å². The standard InChI is InChI=1S/C18H25N3O2/c1-12(2)9-15-10-17(21-20-15)18(22)19-11-14-5-7-16(8-6-14)23-13(3)4/h5-8,10,12-13H,9,11H2,1-4H3,(H,19,22)(H,20,21). The van der Waals surface area contributed by atoms with Gasteiger partial charge in [-0.25, -0.2) is 0 Å². The second-order valence-electron chi connectivity index (χ2n) is 6.37. The van der Waals surface area contributed by atoms with Gasteiger partial charge in [0, 0.05) is 12.2 Å². The van der Waals surface area contributed by atoms with E-state index < -0.39 is 0 Å². The molecule has 0 fully saturated rings. The monoisotopic (exact) mass is 315 g/mol. The van der Waals surface area contributed by atoms with Gasteiger partial charge in [-0.3, -0.25) is 9.89 Å². The van der Waals surface area contributed by atoms with Gasteiger partial charge in [-0.2, -0.15) is 5.10 Å². The summed E-state index contributed by atoms with van der Waals surface area (Å²) in [6, 6.07) is 9.54. The molecule has 2 N–H and O–H groups in total. The van der Waals surface area contributed by atoms with Gasteiger partial charge in [-0.1, -0.05) is 26.0 Å². The lowest BCUT2D eigenvalue weighted by Crippen LogP contribution is -2.23. The fourth-order valence-electron chi connectivity index (χ4n) is 2.25. The van der Waals surface area contributed by atoms with Gasteiger partial charge in [-0.15, -0.1) is 0 Å². The molecular weight excluding hydrogens is 290 g/mol. The molecule has 1 amide bonds. The number of carbonyl (C=O) groups excluding carboxylic acids is 1. The molecule has 0 unspecified atom stereocenters. The van der Waals surface area contributed by atoms with Crippen LogP contribution in [0.5, 0.6) is 5.75 Å². The SMILES string of the molecule is CC(C)Cc1cc(C(=O)NCc2ccc(OC(C)C)cc2)n[nH]1. The lowest BCUT2D eigenvalue weighted by molar-refractivity contribution is 0.0946. The fourth-order valence-corrected chi connectivity index (χ4v) is 2.25. The first-order chi connectivity index (χ1) is 10.9. The molecule has 1 aromatic heterocycles. The molecule has 0 saturated heterocycles. The Morgan fingerprint density at radius 2 is 1.91 bits per heavy atom. The first kappa shape index (κ1) is 17.1. The number of amides is 1. The number of rotatable bonds is 7. The van der Waals surface area contributed by atoms with Crippen LogP contribution in [-0.2, 0) is 13.0 Å². The van der Waals surface area contributed by atoms with E-state index in [2.05, 4.69) is 29.4 Å². The van der Waals surface area contributed by atoms with E-state index in [1.165, 1.54) is 0 Å². The van der Waals surface area contributed by atoms with Gasteiger partial charge in [-0.05, 0) is 49.9 Å². The van der Waals surface area contributed by atoms with Crippen LogP contribution in [0.1, 0.15) is 49.4 Å². The number of nitrogens with zero attached hydrogens (tertiary/aromatic N) is 1. The van der Waals surface area contributed by atoms with Gasteiger partial charge < -0.3 is 10.1 Å². The van der Waals surface area contributed by atoms with E-state index in [0.29, 0.717) is 18.2 Å². The van der Waals surface area contributed by atoms with Gasteiger partial charge >= 0.3 is 0 Å². The third kappa shape index (κ3) is 5.43. The molecule has 124 valence electrons. The largest absolute Gasteiger partial charge is 0.491 e. The highest BCUT2D eigenvalue weighted by molar-refractivity contribution is 5.92. The maximum absolute atomic E-state index is 12.1. The minimum Gasteiger partial charge on any atom is -0.491 e. The van der Waals surface area contributed by atoms with E-state index in [1.54, 1.807) is 0 Å². The highest BCUT2D eigenvalue weighted by Gasteiger charge is 2.11. The number of nitrogens with one attached hydrogen (secondary N) is 2. The Labute approximate surface area is 137 Å². The maximum Gasteiger partial charge on any atom is 0.272 e. The quantitative estimate of drug-likeness (QED) is 0.823. The van der Waals surface area contributed by atoms with Gasteiger partial charge in [0.05, 0.1) is 6.10 Å². The minimum absolute atomic E-state index is 0.153. The molecule has 0 atom stereocenters. The Balaban J connectivity index is 1.87. The molecule has 2 rings (SSSR count). The molecule has 5 nitrogen and oxygen atoms in total. The Morgan fingerprint density at radius 3 is 2.52 bits per heavy atom. The van der Waals surface area contributed by atoms with Gasteiger partial charge in [0.1, 0.15) is 11.4 Å². The summed E-state index contributed by atoms with van der Waals surface area (Å²) in [5.74, 6) is 1.19.